The lowest BCUT2D eigenvalue weighted by Crippen LogP contribution is -2.14. The number of amides is 1. The van der Waals surface area contributed by atoms with Crippen molar-refractivity contribution in [2.45, 2.75) is 32.6 Å². The Hall–Kier alpha value is -1.58. The van der Waals surface area contributed by atoms with E-state index in [-0.39, 0.29) is 5.82 Å². The Balaban J connectivity index is 2.18. The number of carbonyl (C=O) groups is 1. The van der Waals surface area contributed by atoms with Crippen molar-refractivity contribution in [3.05, 3.63) is 30.1 Å². The minimum Gasteiger partial charge on any atom is -0.449 e. The normalized spacial score (nSPS) is 10.0. The van der Waals surface area contributed by atoms with Crippen molar-refractivity contribution in [2.24, 2.45) is 0 Å². The van der Waals surface area contributed by atoms with Crippen LogP contribution in [-0.2, 0) is 4.74 Å². The Morgan fingerprint density at radius 1 is 1.24 bits per heavy atom. The highest BCUT2D eigenvalue weighted by molar-refractivity contribution is 5.84. The average molecular weight is 239 g/mol. The lowest BCUT2D eigenvalue weighted by Gasteiger charge is -2.06. The van der Waals surface area contributed by atoms with Crippen molar-refractivity contribution in [3.8, 4) is 0 Å². The highest BCUT2D eigenvalue weighted by atomic mass is 19.1. The molecule has 0 aromatic heterocycles. The number of halogens is 1. The first-order valence-corrected chi connectivity index (χ1v) is 5.91. The number of nitrogens with one attached hydrogen (secondary N) is 1. The summed E-state index contributed by atoms with van der Waals surface area (Å²) in [5.74, 6) is -0.330. The Labute approximate surface area is 101 Å². The maximum Gasteiger partial charge on any atom is 0.411 e. The zero-order valence-corrected chi connectivity index (χ0v) is 10.0. The van der Waals surface area contributed by atoms with Crippen LogP contribution in [0.5, 0.6) is 0 Å². The third kappa shape index (κ3) is 5.90. The number of hydrogen-bond acceptors (Lipinski definition) is 2. The van der Waals surface area contributed by atoms with Gasteiger partial charge >= 0.3 is 6.09 Å². The van der Waals surface area contributed by atoms with Gasteiger partial charge in [-0.25, -0.2) is 9.18 Å². The third-order valence-corrected chi connectivity index (χ3v) is 2.32. The molecule has 1 aromatic rings. The van der Waals surface area contributed by atoms with E-state index >= 15 is 0 Å². The van der Waals surface area contributed by atoms with Crippen LogP contribution in [-0.4, -0.2) is 12.7 Å². The summed E-state index contributed by atoms with van der Waals surface area (Å²) in [6.07, 6.45) is 3.77. The van der Waals surface area contributed by atoms with Crippen LogP contribution in [0.3, 0.4) is 0 Å². The van der Waals surface area contributed by atoms with Gasteiger partial charge in [-0.05, 0) is 30.7 Å². The number of unbranched alkanes of at least 4 members (excludes halogenated alkanes) is 3. The highest BCUT2D eigenvalue weighted by Crippen LogP contribution is 2.08. The van der Waals surface area contributed by atoms with Gasteiger partial charge in [-0.1, -0.05) is 26.2 Å². The molecule has 94 valence electrons. The van der Waals surface area contributed by atoms with Crippen LogP contribution in [0.4, 0.5) is 14.9 Å². The van der Waals surface area contributed by atoms with Gasteiger partial charge in [0.05, 0.1) is 6.61 Å². The fourth-order valence-corrected chi connectivity index (χ4v) is 1.38. The highest BCUT2D eigenvalue weighted by Gasteiger charge is 2.02. The second kappa shape index (κ2) is 7.65. The molecular formula is C13H18FNO2. The van der Waals surface area contributed by atoms with Gasteiger partial charge < -0.3 is 4.74 Å². The average Bonchev–Trinajstić information content (AvgIpc) is 2.32. The van der Waals surface area contributed by atoms with E-state index in [9.17, 15) is 9.18 Å². The number of rotatable bonds is 6. The lowest BCUT2D eigenvalue weighted by atomic mass is 10.2. The molecule has 0 aliphatic rings. The summed E-state index contributed by atoms with van der Waals surface area (Å²) in [6, 6.07) is 5.56. The molecule has 0 heterocycles. The molecule has 0 aliphatic carbocycles. The van der Waals surface area contributed by atoms with Crippen LogP contribution < -0.4 is 5.32 Å². The first kappa shape index (κ1) is 13.5. The predicted octanol–water partition coefficient (Wildman–Crippen LogP) is 3.95. The van der Waals surface area contributed by atoms with Crippen molar-refractivity contribution in [1.82, 2.24) is 0 Å². The summed E-state index contributed by atoms with van der Waals surface area (Å²) in [6.45, 7) is 2.55. The molecule has 0 bridgehead atoms. The fourth-order valence-electron chi connectivity index (χ4n) is 1.38. The number of benzene rings is 1. The molecule has 4 heteroatoms. The van der Waals surface area contributed by atoms with Gasteiger partial charge in [0.15, 0.2) is 0 Å². The smallest absolute Gasteiger partial charge is 0.411 e. The molecule has 17 heavy (non-hydrogen) atoms. The van der Waals surface area contributed by atoms with Crippen LogP contribution in [0.2, 0.25) is 0 Å². The topological polar surface area (TPSA) is 38.3 Å². The van der Waals surface area contributed by atoms with Crippen molar-refractivity contribution >= 4 is 11.8 Å². The number of hydrogen-bond donors (Lipinski definition) is 1. The Bertz CT molecular complexity index is 338. The van der Waals surface area contributed by atoms with Crippen molar-refractivity contribution in [3.63, 3.8) is 0 Å². The minimum absolute atomic E-state index is 0.330. The van der Waals surface area contributed by atoms with E-state index in [1.54, 1.807) is 0 Å². The number of carbonyl (C=O) groups excluding carboxylic acids is 1. The predicted molar refractivity (Wildman–Crippen MR) is 65.5 cm³/mol. The molecule has 1 aromatic carbocycles. The van der Waals surface area contributed by atoms with Crippen LogP contribution in [0, 0.1) is 5.82 Å². The Kier molecular flexibility index (Phi) is 6.07. The molecule has 1 N–H and O–H groups in total. The van der Waals surface area contributed by atoms with E-state index in [1.807, 2.05) is 0 Å². The molecule has 1 amide bonds. The third-order valence-electron chi connectivity index (χ3n) is 2.32. The van der Waals surface area contributed by atoms with Gasteiger partial charge in [0.25, 0.3) is 0 Å². The van der Waals surface area contributed by atoms with Crippen molar-refractivity contribution in [2.75, 3.05) is 11.9 Å². The van der Waals surface area contributed by atoms with E-state index in [2.05, 4.69) is 12.2 Å². The maximum absolute atomic E-state index is 12.6. The second-order valence-electron chi connectivity index (χ2n) is 3.83. The van der Waals surface area contributed by atoms with Crippen LogP contribution in [0.15, 0.2) is 24.3 Å². The molecule has 0 spiro atoms. The summed E-state index contributed by atoms with van der Waals surface area (Å²) in [5.41, 5.74) is 0.532. The van der Waals surface area contributed by atoms with Gasteiger partial charge in [0.2, 0.25) is 0 Å². The first-order chi connectivity index (χ1) is 8.22. The van der Waals surface area contributed by atoms with Crippen LogP contribution in [0.1, 0.15) is 32.6 Å². The van der Waals surface area contributed by atoms with Gasteiger partial charge in [-0.2, -0.15) is 0 Å². The van der Waals surface area contributed by atoms with E-state index in [0.29, 0.717) is 12.3 Å². The van der Waals surface area contributed by atoms with Crippen molar-refractivity contribution in [1.29, 1.82) is 0 Å². The minimum atomic E-state index is -0.492. The molecule has 0 fully saturated rings. The molecule has 0 atom stereocenters. The first-order valence-electron chi connectivity index (χ1n) is 5.91. The Morgan fingerprint density at radius 3 is 2.59 bits per heavy atom. The second-order valence-corrected chi connectivity index (χ2v) is 3.83. The van der Waals surface area contributed by atoms with E-state index in [0.717, 1.165) is 25.7 Å². The molecule has 0 radical (unpaired) electrons. The maximum atomic E-state index is 12.6. The summed E-state index contributed by atoms with van der Waals surface area (Å²) in [7, 11) is 0. The number of anilines is 1. The van der Waals surface area contributed by atoms with E-state index in [4.69, 9.17) is 4.74 Å². The van der Waals surface area contributed by atoms with Crippen molar-refractivity contribution < 1.29 is 13.9 Å². The monoisotopic (exact) mass is 239 g/mol. The molecule has 0 aliphatic heterocycles. The quantitative estimate of drug-likeness (QED) is 0.763. The Morgan fingerprint density at radius 2 is 1.94 bits per heavy atom. The zero-order valence-electron chi connectivity index (χ0n) is 10.0. The largest absolute Gasteiger partial charge is 0.449 e. The zero-order chi connectivity index (χ0) is 12.5. The summed E-state index contributed by atoms with van der Waals surface area (Å²) in [4.78, 5) is 11.3. The molecule has 0 unspecified atom stereocenters. The van der Waals surface area contributed by atoms with Gasteiger partial charge in [0, 0.05) is 5.69 Å². The molecule has 0 saturated carbocycles. The van der Waals surface area contributed by atoms with Gasteiger partial charge in [-0.3, -0.25) is 5.32 Å². The van der Waals surface area contributed by atoms with E-state index in [1.165, 1.54) is 24.3 Å². The SMILES string of the molecule is CCCCCCOC(=O)Nc1ccc(F)cc1. The fraction of sp³-hybridized carbons (Fsp3) is 0.462. The summed E-state index contributed by atoms with van der Waals surface area (Å²) < 4.78 is 17.6. The van der Waals surface area contributed by atoms with Crippen LogP contribution in [0.25, 0.3) is 0 Å². The summed E-state index contributed by atoms with van der Waals surface area (Å²) >= 11 is 0. The molecule has 0 saturated heterocycles. The van der Waals surface area contributed by atoms with Gasteiger partial charge in [0.1, 0.15) is 5.82 Å². The van der Waals surface area contributed by atoms with Crippen LogP contribution >= 0.6 is 0 Å². The lowest BCUT2D eigenvalue weighted by molar-refractivity contribution is 0.159. The van der Waals surface area contributed by atoms with Gasteiger partial charge in [-0.15, -0.1) is 0 Å². The standard InChI is InChI=1S/C13H18FNO2/c1-2-3-4-5-10-17-13(16)15-12-8-6-11(14)7-9-12/h6-9H,2-5,10H2,1H3,(H,15,16). The summed E-state index contributed by atoms with van der Waals surface area (Å²) in [5, 5.41) is 2.53. The molecule has 3 nitrogen and oxygen atoms in total. The number of ether oxygens (including phenoxy) is 1. The van der Waals surface area contributed by atoms with E-state index < -0.39 is 6.09 Å². The molecule has 1 rings (SSSR count). The molecular weight excluding hydrogens is 221 g/mol.